The summed E-state index contributed by atoms with van der Waals surface area (Å²) in [5.41, 5.74) is 2.43. The molecular weight excluding hydrogens is 294 g/mol. The van der Waals surface area contributed by atoms with Crippen LogP contribution in [0.3, 0.4) is 0 Å². The second-order valence-electron chi connectivity index (χ2n) is 5.13. The van der Waals surface area contributed by atoms with Gasteiger partial charge in [-0.15, -0.1) is 0 Å². The van der Waals surface area contributed by atoms with Crippen LogP contribution in [0.5, 0.6) is 17.2 Å². The molecule has 0 saturated heterocycles. The summed E-state index contributed by atoms with van der Waals surface area (Å²) in [4.78, 5) is 8.56. The summed E-state index contributed by atoms with van der Waals surface area (Å²) in [5, 5.41) is 13.7. The third-order valence-corrected chi connectivity index (χ3v) is 3.47. The van der Waals surface area contributed by atoms with Crippen LogP contribution in [-0.2, 0) is 0 Å². The summed E-state index contributed by atoms with van der Waals surface area (Å²) in [6.45, 7) is 1.91. The van der Waals surface area contributed by atoms with Crippen LogP contribution in [0.15, 0.2) is 36.7 Å². The number of hydrogen-bond donors (Lipinski definition) is 2. The molecule has 1 heterocycles. The number of fused-ring (bicyclic) bond motifs is 1. The van der Waals surface area contributed by atoms with Crippen LogP contribution < -0.4 is 14.8 Å². The molecule has 0 aliphatic heterocycles. The van der Waals surface area contributed by atoms with Gasteiger partial charge in [-0.05, 0) is 30.7 Å². The molecule has 6 nitrogen and oxygen atoms in total. The third-order valence-electron chi connectivity index (χ3n) is 3.47. The van der Waals surface area contributed by atoms with Crippen molar-refractivity contribution in [2.75, 3.05) is 19.5 Å². The number of aryl methyl sites for hydroxylation is 1. The molecular formula is C17H17N3O3. The van der Waals surface area contributed by atoms with Gasteiger partial charge in [0.15, 0.2) is 11.5 Å². The lowest BCUT2D eigenvalue weighted by molar-refractivity contribution is 0.356. The third kappa shape index (κ3) is 2.96. The van der Waals surface area contributed by atoms with Gasteiger partial charge < -0.3 is 19.9 Å². The van der Waals surface area contributed by atoms with Crippen molar-refractivity contribution in [1.29, 1.82) is 0 Å². The largest absolute Gasteiger partial charge is 0.508 e. The Morgan fingerprint density at radius 3 is 2.39 bits per heavy atom. The molecule has 0 spiro atoms. The maximum atomic E-state index is 9.73. The number of benzene rings is 2. The van der Waals surface area contributed by atoms with Gasteiger partial charge in [0.2, 0.25) is 0 Å². The minimum atomic E-state index is 0.199. The van der Waals surface area contributed by atoms with E-state index >= 15 is 0 Å². The van der Waals surface area contributed by atoms with Crippen molar-refractivity contribution in [2.45, 2.75) is 6.92 Å². The maximum absolute atomic E-state index is 9.73. The zero-order valence-corrected chi connectivity index (χ0v) is 13.1. The number of rotatable bonds is 4. The van der Waals surface area contributed by atoms with E-state index in [1.807, 2.05) is 19.1 Å². The monoisotopic (exact) mass is 311 g/mol. The first-order valence-electron chi connectivity index (χ1n) is 7.05. The molecule has 0 aliphatic rings. The Morgan fingerprint density at radius 2 is 1.70 bits per heavy atom. The van der Waals surface area contributed by atoms with Crippen molar-refractivity contribution in [1.82, 2.24) is 9.97 Å². The molecule has 0 unspecified atom stereocenters. The van der Waals surface area contributed by atoms with Crippen LogP contribution in [-0.4, -0.2) is 29.3 Å². The first-order valence-corrected chi connectivity index (χ1v) is 7.05. The lowest BCUT2D eigenvalue weighted by Gasteiger charge is -2.12. The Balaban J connectivity index is 2.10. The van der Waals surface area contributed by atoms with Crippen molar-refractivity contribution in [3.05, 3.63) is 42.2 Å². The molecule has 0 fully saturated rings. The van der Waals surface area contributed by atoms with Crippen LogP contribution >= 0.6 is 0 Å². The minimum absolute atomic E-state index is 0.199. The summed E-state index contributed by atoms with van der Waals surface area (Å²) < 4.78 is 10.6. The first kappa shape index (κ1) is 14.9. The highest BCUT2D eigenvalue weighted by molar-refractivity contribution is 5.93. The fourth-order valence-corrected chi connectivity index (χ4v) is 2.45. The lowest BCUT2D eigenvalue weighted by atomic mass is 10.2. The Bertz CT molecular complexity index is 845. The number of nitrogens with one attached hydrogen (secondary N) is 1. The standard InChI is InChI=1S/C17H17N3O3/c1-10-4-11(6-12(21)5-10)20-17-13-7-15(22-2)16(23-3)8-14(13)18-9-19-17/h4-9,21H,1-3H3,(H,18,19,20). The summed E-state index contributed by atoms with van der Waals surface area (Å²) in [6.07, 6.45) is 1.48. The Morgan fingerprint density at radius 1 is 0.957 bits per heavy atom. The highest BCUT2D eigenvalue weighted by Gasteiger charge is 2.11. The molecule has 0 bridgehead atoms. The van der Waals surface area contributed by atoms with Gasteiger partial charge in [-0.1, -0.05) is 0 Å². The molecule has 0 aliphatic carbocycles. The first-order chi connectivity index (χ1) is 11.1. The van der Waals surface area contributed by atoms with Crippen molar-refractivity contribution in [2.24, 2.45) is 0 Å². The van der Waals surface area contributed by atoms with E-state index in [1.165, 1.54) is 6.33 Å². The molecule has 0 radical (unpaired) electrons. The predicted octanol–water partition coefficient (Wildman–Crippen LogP) is 3.40. The Labute approximate surface area is 133 Å². The highest BCUT2D eigenvalue weighted by Crippen LogP contribution is 2.34. The lowest BCUT2D eigenvalue weighted by Crippen LogP contribution is -1.98. The number of methoxy groups -OCH3 is 2. The molecule has 0 amide bonds. The Hall–Kier alpha value is -3.02. The molecule has 2 aromatic carbocycles. The maximum Gasteiger partial charge on any atom is 0.162 e. The van der Waals surface area contributed by atoms with E-state index in [0.717, 1.165) is 22.2 Å². The van der Waals surface area contributed by atoms with E-state index in [0.29, 0.717) is 17.3 Å². The van der Waals surface area contributed by atoms with Gasteiger partial charge in [-0.2, -0.15) is 0 Å². The molecule has 23 heavy (non-hydrogen) atoms. The van der Waals surface area contributed by atoms with Gasteiger partial charge in [0.25, 0.3) is 0 Å². The van der Waals surface area contributed by atoms with E-state index in [4.69, 9.17) is 9.47 Å². The van der Waals surface area contributed by atoms with E-state index in [-0.39, 0.29) is 5.75 Å². The number of phenols is 1. The average molecular weight is 311 g/mol. The van der Waals surface area contributed by atoms with Gasteiger partial charge in [0.1, 0.15) is 17.9 Å². The van der Waals surface area contributed by atoms with Crippen LogP contribution in [0.2, 0.25) is 0 Å². The van der Waals surface area contributed by atoms with Gasteiger partial charge in [0.05, 0.1) is 19.7 Å². The molecule has 3 aromatic rings. The summed E-state index contributed by atoms with van der Waals surface area (Å²) in [6, 6.07) is 8.88. The fraction of sp³-hybridized carbons (Fsp3) is 0.176. The van der Waals surface area contributed by atoms with E-state index in [2.05, 4.69) is 15.3 Å². The zero-order chi connectivity index (χ0) is 16.4. The SMILES string of the molecule is COc1cc2ncnc(Nc3cc(C)cc(O)c3)c2cc1OC. The van der Waals surface area contributed by atoms with E-state index < -0.39 is 0 Å². The van der Waals surface area contributed by atoms with Crippen molar-refractivity contribution < 1.29 is 14.6 Å². The average Bonchev–Trinajstić information content (AvgIpc) is 2.53. The number of aromatic nitrogens is 2. The molecule has 118 valence electrons. The van der Waals surface area contributed by atoms with Crippen LogP contribution in [0.25, 0.3) is 10.9 Å². The van der Waals surface area contributed by atoms with Gasteiger partial charge in [-0.25, -0.2) is 9.97 Å². The molecule has 1 aromatic heterocycles. The van der Waals surface area contributed by atoms with Crippen LogP contribution in [0.4, 0.5) is 11.5 Å². The molecule has 0 saturated carbocycles. The van der Waals surface area contributed by atoms with E-state index in [1.54, 1.807) is 32.4 Å². The topological polar surface area (TPSA) is 76.5 Å². The second-order valence-corrected chi connectivity index (χ2v) is 5.13. The fourth-order valence-electron chi connectivity index (χ4n) is 2.45. The van der Waals surface area contributed by atoms with Gasteiger partial charge >= 0.3 is 0 Å². The van der Waals surface area contributed by atoms with Gasteiger partial charge in [-0.3, -0.25) is 0 Å². The number of nitrogens with zero attached hydrogens (tertiary/aromatic N) is 2. The van der Waals surface area contributed by atoms with Crippen molar-refractivity contribution >= 4 is 22.4 Å². The number of phenolic OH excluding ortho intramolecular Hbond substituents is 1. The van der Waals surface area contributed by atoms with Crippen molar-refractivity contribution in [3.63, 3.8) is 0 Å². The normalized spacial score (nSPS) is 10.6. The summed E-state index contributed by atoms with van der Waals surface area (Å²) >= 11 is 0. The number of aromatic hydroxyl groups is 1. The minimum Gasteiger partial charge on any atom is -0.508 e. The summed E-state index contributed by atoms with van der Waals surface area (Å²) in [5.74, 6) is 2.04. The quantitative estimate of drug-likeness (QED) is 0.769. The second kappa shape index (κ2) is 6.00. The van der Waals surface area contributed by atoms with Gasteiger partial charge in [0, 0.05) is 23.2 Å². The number of hydrogen-bond acceptors (Lipinski definition) is 6. The molecule has 6 heteroatoms. The summed E-state index contributed by atoms with van der Waals surface area (Å²) in [7, 11) is 3.17. The Kier molecular flexibility index (Phi) is 3.89. The zero-order valence-electron chi connectivity index (χ0n) is 13.1. The predicted molar refractivity (Wildman–Crippen MR) is 88.8 cm³/mol. The number of anilines is 2. The molecule has 3 rings (SSSR count). The van der Waals surface area contributed by atoms with Crippen molar-refractivity contribution in [3.8, 4) is 17.2 Å². The van der Waals surface area contributed by atoms with Crippen LogP contribution in [0, 0.1) is 6.92 Å². The molecule has 2 N–H and O–H groups in total. The highest BCUT2D eigenvalue weighted by atomic mass is 16.5. The number of ether oxygens (including phenoxy) is 2. The molecule has 0 atom stereocenters. The smallest absolute Gasteiger partial charge is 0.162 e. The van der Waals surface area contributed by atoms with E-state index in [9.17, 15) is 5.11 Å². The van der Waals surface area contributed by atoms with Crippen LogP contribution in [0.1, 0.15) is 5.56 Å².